The Balaban J connectivity index is 0.00000324. The number of nitrogens with one attached hydrogen (secondary N) is 1. The number of rotatable bonds is 5. The van der Waals surface area contributed by atoms with Gasteiger partial charge in [-0.1, -0.05) is 0 Å². The zero-order valence-electron chi connectivity index (χ0n) is 9.87. The zero-order chi connectivity index (χ0) is 13.6. The molecule has 1 aromatic rings. The van der Waals surface area contributed by atoms with E-state index in [9.17, 15) is 18.0 Å². The van der Waals surface area contributed by atoms with Crippen molar-refractivity contribution in [1.29, 1.82) is 0 Å². The van der Waals surface area contributed by atoms with Gasteiger partial charge >= 0.3 is 5.51 Å². The van der Waals surface area contributed by atoms with Crippen molar-refractivity contribution in [2.75, 3.05) is 13.1 Å². The quantitative estimate of drug-likeness (QED) is 0.649. The summed E-state index contributed by atoms with van der Waals surface area (Å²) in [4.78, 5) is 11.6. The van der Waals surface area contributed by atoms with Gasteiger partial charge in [0.25, 0.3) is 5.91 Å². The van der Waals surface area contributed by atoms with Gasteiger partial charge in [-0.2, -0.15) is 13.2 Å². The van der Waals surface area contributed by atoms with Crippen molar-refractivity contribution >= 4 is 30.1 Å². The second-order valence-corrected chi connectivity index (χ2v) is 4.61. The molecule has 0 saturated carbocycles. The predicted molar refractivity (Wildman–Crippen MR) is 71.6 cm³/mol. The van der Waals surface area contributed by atoms with Crippen LogP contribution in [0.5, 0.6) is 0 Å². The number of halogens is 4. The normalized spacial score (nSPS) is 10.7. The van der Waals surface area contributed by atoms with Gasteiger partial charge in [-0.3, -0.25) is 4.79 Å². The molecular weight excluding hydrogens is 301 g/mol. The third-order valence-electron chi connectivity index (χ3n) is 2.02. The molecule has 108 valence electrons. The lowest BCUT2D eigenvalue weighted by Crippen LogP contribution is -2.25. The molecule has 0 aliphatic rings. The topological polar surface area (TPSA) is 55.1 Å². The van der Waals surface area contributed by atoms with Gasteiger partial charge in [0.2, 0.25) is 0 Å². The summed E-state index contributed by atoms with van der Waals surface area (Å²) < 4.78 is 36.2. The number of nitrogens with two attached hydrogens (primary N) is 1. The predicted octanol–water partition coefficient (Wildman–Crippen LogP) is 2.80. The molecule has 1 aromatic carbocycles. The fourth-order valence-corrected chi connectivity index (χ4v) is 1.75. The Labute approximate surface area is 119 Å². The van der Waals surface area contributed by atoms with E-state index in [0.29, 0.717) is 25.1 Å². The van der Waals surface area contributed by atoms with Gasteiger partial charge in [0, 0.05) is 17.0 Å². The molecule has 0 fully saturated rings. The molecule has 0 atom stereocenters. The second kappa shape index (κ2) is 8.29. The van der Waals surface area contributed by atoms with Crippen LogP contribution >= 0.6 is 24.2 Å². The van der Waals surface area contributed by atoms with Gasteiger partial charge in [0.15, 0.2) is 0 Å². The number of thioether (sulfide) groups is 1. The first-order valence-corrected chi connectivity index (χ1v) is 6.08. The summed E-state index contributed by atoms with van der Waals surface area (Å²) >= 11 is -0.206. The van der Waals surface area contributed by atoms with Crippen molar-refractivity contribution in [2.24, 2.45) is 5.73 Å². The van der Waals surface area contributed by atoms with Crippen molar-refractivity contribution in [1.82, 2.24) is 5.32 Å². The van der Waals surface area contributed by atoms with E-state index in [1.807, 2.05) is 0 Å². The van der Waals surface area contributed by atoms with Crippen LogP contribution in [0.25, 0.3) is 0 Å². The minimum Gasteiger partial charge on any atom is -0.352 e. The molecule has 0 aliphatic carbocycles. The van der Waals surface area contributed by atoms with Crippen LogP contribution in [-0.4, -0.2) is 24.5 Å². The molecule has 8 heteroatoms. The van der Waals surface area contributed by atoms with Gasteiger partial charge in [0.1, 0.15) is 0 Å². The summed E-state index contributed by atoms with van der Waals surface area (Å²) in [7, 11) is 0. The third kappa shape index (κ3) is 7.29. The molecule has 3 nitrogen and oxygen atoms in total. The fraction of sp³-hybridized carbons (Fsp3) is 0.364. The van der Waals surface area contributed by atoms with Crippen molar-refractivity contribution < 1.29 is 18.0 Å². The molecule has 1 rings (SSSR count). The van der Waals surface area contributed by atoms with Crippen LogP contribution in [0.4, 0.5) is 13.2 Å². The third-order valence-corrected chi connectivity index (χ3v) is 2.76. The second-order valence-electron chi connectivity index (χ2n) is 3.47. The first-order valence-electron chi connectivity index (χ1n) is 5.26. The maximum Gasteiger partial charge on any atom is 0.446 e. The molecule has 0 bridgehead atoms. The fourth-order valence-electron chi connectivity index (χ4n) is 1.21. The molecule has 0 saturated heterocycles. The highest BCUT2D eigenvalue weighted by atomic mass is 35.5. The van der Waals surface area contributed by atoms with E-state index in [0.717, 1.165) is 0 Å². The summed E-state index contributed by atoms with van der Waals surface area (Å²) in [6.45, 7) is 0.926. The summed E-state index contributed by atoms with van der Waals surface area (Å²) in [6, 6.07) is 5.28. The monoisotopic (exact) mass is 314 g/mol. The number of carbonyl (C=O) groups excluding carboxylic acids is 1. The molecule has 0 spiro atoms. The van der Waals surface area contributed by atoms with Gasteiger partial charge in [-0.05, 0) is 49.0 Å². The lowest BCUT2D eigenvalue weighted by atomic mass is 10.2. The van der Waals surface area contributed by atoms with Crippen LogP contribution in [0.1, 0.15) is 16.8 Å². The number of alkyl halides is 3. The molecule has 0 heterocycles. The van der Waals surface area contributed by atoms with Crippen LogP contribution in [0, 0.1) is 0 Å². The van der Waals surface area contributed by atoms with E-state index < -0.39 is 5.51 Å². The zero-order valence-corrected chi connectivity index (χ0v) is 11.5. The summed E-state index contributed by atoms with van der Waals surface area (Å²) in [6.07, 6.45) is 0.660. The van der Waals surface area contributed by atoms with Crippen molar-refractivity contribution in [3.8, 4) is 0 Å². The van der Waals surface area contributed by atoms with Crippen molar-refractivity contribution in [3.05, 3.63) is 29.8 Å². The number of hydrogen-bond acceptors (Lipinski definition) is 3. The van der Waals surface area contributed by atoms with E-state index in [1.165, 1.54) is 24.3 Å². The Kier molecular flexibility index (Phi) is 7.89. The molecule has 0 aliphatic heterocycles. The maximum atomic E-state index is 12.1. The van der Waals surface area contributed by atoms with Crippen LogP contribution in [-0.2, 0) is 0 Å². The molecule has 0 unspecified atom stereocenters. The van der Waals surface area contributed by atoms with Gasteiger partial charge in [-0.15, -0.1) is 12.4 Å². The highest BCUT2D eigenvalue weighted by Gasteiger charge is 2.29. The molecule has 1 amide bonds. The molecule has 0 aromatic heterocycles. The smallest absolute Gasteiger partial charge is 0.352 e. The van der Waals surface area contributed by atoms with Gasteiger partial charge in [0.05, 0.1) is 0 Å². The average Bonchev–Trinajstić information content (AvgIpc) is 2.28. The Morgan fingerprint density at radius 3 is 2.32 bits per heavy atom. The summed E-state index contributed by atoms with van der Waals surface area (Å²) in [5.74, 6) is -0.313. The standard InChI is InChI=1S/C11H13F3N2OS.ClH/c12-11(13,14)18-9-4-2-8(3-5-9)10(17)16-7-1-6-15;/h2-5H,1,6-7,15H2,(H,16,17);1H. The lowest BCUT2D eigenvalue weighted by Gasteiger charge is -2.07. The van der Waals surface area contributed by atoms with E-state index in [2.05, 4.69) is 5.32 Å². The first kappa shape index (κ1) is 18.1. The first-order chi connectivity index (χ1) is 8.42. The van der Waals surface area contributed by atoms with Crippen molar-refractivity contribution in [2.45, 2.75) is 16.8 Å². The highest BCUT2D eigenvalue weighted by molar-refractivity contribution is 8.00. The van der Waals surface area contributed by atoms with Crippen molar-refractivity contribution in [3.63, 3.8) is 0 Å². The average molecular weight is 315 g/mol. The summed E-state index contributed by atoms with van der Waals surface area (Å²) in [5, 5.41) is 2.62. The van der Waals surface area contributed by atoms with Crippen LogP contribution in [0.15, 0.2) is 29.2 Å². The van der Waals surface area contributed by atoms with Gasteiger partial charge in [-0.25, -0.2) is 0 Å². The number of hydrogen-bond donors (Lipinski definition) is 2. The molecular formula is C11H14ClF3N2OS. The number of carbonyl (C=O) groups is 1. The van der Waals surface area contributed by atoms with Gasteiger partial charge < -0.3 is 11.1 Å². The minimum absolute atomic E-state index is 0. The lowest BCUT2D eigenvalue weighted by molar-refractivity contribution is -0.0328. The molecule has 0 radical (unpaired) electrons. The van der Waals surface area contributed by atoms with Crippen LogP contribution in [0.2, 0.25) is 0 Å². The minimum atomic E-state index is -4.31. The number of benzene rings is 1. The Morgan fingerprint density at radius 2 is 1.84 bits per heavy atom. The number of amides is 1. The Bertz CT molecular complexity index is 398. The largest absolute Gasteiger partial charge is 0.446 e. The Hall–Kier alpha value is -0.920. The van der Waals surface area contributed by atoms with Crippen LogP contribution < -0.4 is 11.1 Å². The highest BCUT2D eigenvalue weighted by Crippen LogP contribution is 2.36. The molecule has 19 heavy (non-hydrogen) atoms. The summed E-state index contributed by atoms with van der Waals surface area (Å²) in [5.41, 5.74) is 1.29. The van der Waals surface area contributed by atoms with E-state index in [1.54, 1.807) is 0 Å². The van der Waals surface area contributed by atoms with Crippen LogP contribution in [0.3, 0.4) is 0 Å². The maximum absolute atomic E-state index is 12.1. The van der Waals surface area contributed by atoms with E-state index >= 15 is 0 Å². The van der Waals surface area contributed by atoms with E-state index in [4.69, 9.17) is 5.73 Å². The Morgan fingerprint density at radius 1 is 1.26 bits per heavy atom. The van der Waals surface area contributed by atoms with E-state index in [-0.39, 0.29) is 35.0 Å². The SMILES string of the molecule is Cl.NCCCNC(=O)c1ccc(SC(F)(F)F)cc1. The molecule has 3 N–H and O–H groups in total.